The molecule has 7 heteroatoms. The Hall–Kier alpha value is -2.96. The molecule has 0 radical (unpaired) electrons. The van der Waals surface area contributed by atoms with Gasteiger partial charge in [-0.05, 0) is 24.5 Å². The third-order valence-electron chi connectivity index (χ3n) is 4.52. The average Bonchev–Trinajstić information content (AvgIpc) is 3.22. The number of rotatable bonds is 1. The number of hydrogen-bond donors (Lipinski definition) is 1. The summed E-state index contributed by atoms with van der Waals surface area (Å²) in [7, 11) is 0. The lowest BCUT2D eigenvalue weighted by atomic mass is 9.90. The zero-order valence-electron chi connectivity index (χ0n) is 12.4. The summed E-state index contributed by atoms with van der Waals surface area (Å²) < 4.78 is 3.72. The first-order chi connectivity index (χ1) is 11.3. The van der Waals surface area contributed by atoms with Gasteiger partial charge in [-0.3, -0.25) is 14.0 Å². The van der Waals surface area contributed by atoms with Gasteiger partial charge in [-0.25, -0.2) is 9.97 Å². The fraction of sp³-hybridized carbons (Fsp3) is 0.250. The standard InChI is InChI=1S/C16H14N6O/c23-16-15-11-2-1-10-8-19-13(21-5-3-17-9-21)7-12(10)14(11)20-22(15)6-4-18-16/h3,5,7-9H,1-2,4,6H2,(H,18,23). The summed E-state index contributed by atoms with van der Waals surface area (Å²) in [6, 6.07) is 2.03. The van der Waals surface area contributed by atoms with E-state index in [9.17, 15) is 4.79 Å². The number of aromatic nitrogens is 5. The fourth-order valence-electron chi connectivity index (χ4n) is 3.42. The van der Waals surface area contributed by atoms with Crippen molar-refractivity contribution in [1.29, 1.82) is 0 Å². The van der Waals surface area contributed by atoms with Gasteiger partial charge in [0.15, 0.2) is 0 Å². The summed E-state index contributed by atoms with van der Waals surface area (Å²) >= 11 is 0. The second-order valence-corrected chi connectivity index (χ2v) is 5.82. The van der Waals surface area contributed by atoms with Crippen LogP contribution in [0, 0.1) is 0 Å². The van der Waals surface area contributed by atoms with Crippen LogP contribution in [0.15, 0.2) is 31.0 Å². The number of amides is 1. The van der Waals surface area contributed by atoms with Gasteiger partial charge in [-0.15, -0.1) is 0 Å². The Morgan fingerprint density at radius 3 is 3.09 bits per heavy atom. The molecule has 3 aromatic rings. The van der Waals surface area contributed by atoms with Crippen LogP contribution in [0.4, 0.5) is 0 Å². The molecule has 0 aromatic carbocycles. The molecule has 0 saturated heterocycles. The first-order valence-electron chi connectivity index (χ1n) is 7.67. The van der Waals surface area contributed by atoms with Gasteiger partial charge in [-0.2, -0.15) is 5.10 Å². The van der Waals surface area contributed by atoms with Gasteiger partial charge in [0.2, 0.25) is 0 Å². The minimum Gasteiger partial charge on any atom is -0.349 e. The van der Waals surface area contributed by atoms with E-state index < -0.39 is 0 Å². The molecule has 0 bridgehead atoms. The number of imidazole rings is 1. The van der Waals surface area contributed by atoms with E-state index in [-0.39, 0.29) is 5.91 Å². The molecule has 1 amide bonds. The van der Waals surface area contributed by atoms with Crippen molar-refractivity contribution >= 4 is 5.91 Å². The predicted octanol–water partition coefficient (Wildman–Crippen LogP) is 0.973. The van der Waals surface area contributed by atoms with Crippen LogP contribution < -0.4 is 5.32 Å². The second-order valence-electron chi connectivity index (χ2n) is 5.82. The average molecular weight is 306 g/mol. The van der Waals surface area contributed by atoms with Crippen molar-refractivity contribution in [1.82, 2.24) is 29.6 Å². The van der Waals surface area contributed by atoms with Gasteiger partial charge in [0.1, 0.15) is 17.8 Å². The maximum atomic E-state index is 12.2. The van der Waals surface area contributed by atoms with Crippen molar-refractivity contribution in [3.8, 4) is 17.1 Å². The molecular weight excluding hydrogens is 292 g/mol. The second kappa shape index (κ2) is 4.52. The summed E-state index contributed by atoms with van der Waals surface area (Å²) in [4.78, 5) is 20.8. The van der Waals surface area contributed by atoms with Gasteiger partial charge < -0.3 is 5.32 Å². The Morgan fingerprint density at radius 1 is 1.26 bits per heavy atom. The zero-order chi connectivity index (χ0) is 15.4. The Balaban J connectivity index is 1.71. The summed E-state index contributed by atoms with van der Waals surface area (Å²) in [6.45, 7) is 1.36. The molecule has 1 aliphatic heterocycles. The van der Waals surface area contributed by atoms with Crippen molar-refractivity contribution in [3.63, 3.8) is 0 Å². The fourth-order valence-corrected chi connectivity index (χ4v) is 3.42. The van der Waals surface area contributed by atoms with E-state index in [0.717, 1.165) is 47.7 Å². The van der Waals surface area contributed by atoms with E-state index in [1.54, 1.807) is 12.5 Å². The monoisotopic (exact) mass is 306 g/mol. The van der Waals surface area contributed by atoms with Crippen LogP contribution in [0.25, 0.3) is 17.1 Å². The molecule has 0 unspecified atom stereocenters. The smallest absolute Gasteiger partial charge is 0.269 e. The molecule has 4 heterocycles. The highest BCUT2D eigenvalue weighted by atomic mass is 16.2. The third-order valence-corrected chi connectivity index (χ3v) is 4.52. The van der Waals surface area contributed by atoms with E-state index in [1.807, 2.05) is 27.7 Å². The minimum absolute atomic E-state index is 0.0164. The van der Waals surface area contributed by atoms with E-state index in [1.165, 1.54) is 5.56 Å². The molecule has 23 heavy (non-hydrogen) atoms. The highest BCUT2D eigenvalue weighted by Gasteiger charge is 2.30. The topological polar surface area (TPSA) is 77.6 Å². The number of nitrogens with one attached hydrogen (secondary N) is 1. The van der Waals surface area contributed by atoms with Gasteiger partial charge >= 0.3 is 0 Å². The van der Waals surface area contributed by atoms with E-state index in [0.29, 0.717) is 6.54 Å². The maximum absolute atomic E-state index is 12.2. The Kier molecular flexibility index (Phi) is 2.47. The highest BCUT2D eigenvalue weighted by Crippen LogP contribution is 2.35. The van der Waals surface area contributed by atoms with Crippen LogP contribution in [0.2, 0.25) is 0 Å². The molecule has 2 aliphatic rings. The van der Waals surface area contributed by atoms with Crippen molar-refractivity contribution in [2.24, 2.45) is 0 Å². The number of carbonyl (C=O) groups excluding carboxylic acids is 1. The molecule has 7 nitrogen and oxygen atoms in total. The molecule has 1 N–H and O–H groups in total. The summed E-state index contributed by atoms with van der Waals surface area (Å²) in [5, 5.41) is 7.62. The first kappa shape index (κ1) is 12.6. The van der Waals surface area contributed by atoms with Crippen LogP contribution in [-0.4, -0.2) is 36.8 Å². The third kappa shape index (κ3) is 1.76. The van der Waals surface area contributed by atoms with Crippen LogP contribution >= 0.6 is 0 Å². The lowest BCUT2D eigenvalue weighted by Gasteiger charge is -2.18. The van der Waals surface area contributed by atoms with Crippen molar-refractivity contribution < 1.29 is 4.79 Å². The molecule has 114 valence electrons. The van der Waals surface area contributed by atoms with E-state index in [4.69, 9.17) is 5.10 Å². The minimum atomic E-state index is -0.0164. The molecule has 5 rings (SSSR count). The van der Waals surface area contributed by atoms with E-state index >= 15 is 0 Å². The number of pyridine rings is 1. The van der Waals surface area contributed by atoms with Crippen LogP contribution in [-0.2, 0) is 19.4 Å². The normalized spacial score (nSPS) is 15.6. The molecule has 0 saturated carbocycles. The number of nitrogens with zero attached hydrogens (tertiary/aromatic N) is 5. The summed E-state index contributed by atoms with van der Waals surface area (Å²) in [6.07, 6.45) is 8.94. The Labute approximate surface area is 132 Å². The van der Waals surface area contributed by atoms with Crippen molar-refractivity contribution in [2.45, 2.75) is 19.4 Å². The number of aryl methyl sites for hydroxylation is 1. The molecule has 1 aliphatic carbocycles. The van der Waals surface area contributed by atoms with Crippen LogP contribution in [0.5, 0.6) is 0 Å². The van der Waals surface area contributed by atoms with Gasteiger partial charge in [0.05, 0.1) is 12.2 Å². The van der Waals surface area contributed by atoms with Gasteiger partial charge in [0.25, 0.3) is 5.91 Å². The lowest BCUT2D eigenvalue weighted by Crippen LogP contribution is -2.36. The number of hydrogen-bond acceptors (Lipinski definition) is 4. The largest absolute Gasteiger partial charge is 0.349 e. The van der Waals surface area contributed by atoms with Gasteiger partial charge in [-0.1, -0.05) is 0 Å². The molecule has 0 spiro atoms. The number of carbonyl (C=O) groups is 1. The Bertz CT molecular complexity index is 924. The first-order valence-corrected chi connectivity index (χ1v) is 7.67. The van der Waals surface area contributed by atoms with Crippen molar-refractivity contribution in [3.05, 3.63) is 47.8 Å². The van der Waals surface area contributed by atoms with Gasteiger partial charge in [0, 0.05) is 36.3 Å². The molecular formula is C16H14N6O. The molecule has 3 aromatic heterocycles. The zero-order valence-corrected chi connectivity index (χ0v) is 12.4. The van der Waals surface area contributed by atoms with Crippen LogP contribution in [0.3, 0.4) is 0 Å². The van der Waals surface area contributed by atoms with E-state index in [2.05, 4.69) is 15.3 Å². The number of fused-ring (bicyclic) bond motifs is 5. The molecule has 0 atom stereocenters. The molecule has 0 fully saturated rings. The summed E-state index contributed by atoms with van der Waals surface area (Å²) in [5.41, 5.74) is 4.94. The Morgan fingerprint density at radius 2 is 2.22 bits per heavy atom. The van der Waals surface area contributed by atoms with Crippen LogP contribution in [0.1, 0.15) is 21.6 Å². The lowest BCUT2D eigenvalue weighted by molar-refractivity contribution is 0.0923. The predicted molar refractivity (Wildman–Crippen MR) is 82.3 cm³/mol. The SMILES string of the molecule is O=C1NCCn2nc3c(c21)CCc1cnc(-n2ccnc2)cc1-3. The van der Waals surface area contributed by atoms with Crippen molar-refractivity contribution in [2.75, 3.05) is 6.54 Å². The maximum Gasteiger partial charge on any atom is 0.269 e. The highest BCUT2D eigenvalue weighted by molar-refractivity contribution is 5.97. The quantitative estimate of drug-likeness (QED) is 0.727. The summed E-state index contributed by atoms with van der Waals surface area (Å²) in [5.74, 6) is 0.793.